The van der Waals surface area contributed by atoms with Gasteiger partial charge in [-0.3, -0.25) is 0 Å². The van der Waals surface area contributed by atoms with Gasteiger partial charge < -0.3 is 8.83 Å². The van der Waals surface area contributed by atoms with Crippen LogP contribution in [-0.2, 0) is 0 Å². The van der Waals surface area contributed by atoms with Gasteiger partial charge in [-0.05, 0) is 40.5 Å². The number of halogens is 1. The maximum atomic E-state index is 4.71. The number of hydrogen-bond donors (Lipinski definition) is 0. The van der Waals surface area contributed by atoms with Crippen LogP contribution in [0.2, 0.25) is 0 Å². The first-order valence-electron chi connectivity index (χ1n) is 3.45. The van der Waals surface area contributed by atoms with Crippen molar-refractivity contribution in [2.75, 3.05) is 0 Å². The predicted octanol–water partition coefficient (Wildman–Crippen LogP) is 4.27. The molecule has 2 heterocycles. The fourth-order valence-corrected chi connectivity index (χ4v) is 0.796. The van der Waals surface area contributed by atoms with Gasteiger partial charge in [0.2, 0.25) is 0 Å². The molecule has 0 saturated heterocycles. The summed E-state index contributed by atoms with van der Waals surface area (Å²) in [6, 6.07) is 3.75. The molecule has 2 rings (SSSR count). The molecule has 0 unspecified atom stereocenters. The van der Waals surface area contributed by atoms with E-state index in [1.54, 1.807) is 25.1 Å². The Morgan fingerprint density at radius 1 is 1.08 bits per heavy atom. The van der Waals surface area contributed by atoms with Crippen LogP contribution in [0.5, 0.6) is 0 Å². The van der Waals surface area contributed by atoms with Gasteiger partial charge in [-0.2, -0.15) is 0 Å². The molecule has 0 radical (unpaired) electrons. The first-order valence-corrected chi connectivity index (χ1v) is 4.25. The lowest BCUT2D eigenvalue weighted by Gasteiger charge is -1.63. The molecule has 0 atom stereocenters. The standard InChI is InChI=1S/C5H6O.C4H3BrO.CH4/c1-5-2-3-6-4-5;5-4-1-2-6-3-4;/h2-4H,1H3;1-3H;1H4. The van der Waals surface area contributed by atoms with Crippen LogP contribution in [0, 0.1) is 6.92 Å². The predicted molar refractivity (Wildman–Crippen MR) is 56.6 cm³/mol. The van der Waals surface area contributed by atoms with E-state index in [4.69, 9.17) is 4.42 Å². The number of rotatable bonds is 0. The van der Waals surface area contributed by atoms with Crippen molar-refractivity contribution in [2.45, 2.75) is 14.4 Å². The van der Waals surface area contributed by atoms with E-state index in [2.05, 4.69) is 20.3 Å². The molecular weight excluding hydrogens is 232 g/mol. The van der Waals surface area contributed by atoms with Crippen LogP contribution in [0.25, 0.3) is 0 Å². The summed E-state index contributed by atoms with van der Waals surface area (Å²) in [6.45, 7) is 1.99. The van der Waals surface area contributed by atoms with Crippen LogP contribution in [0.1, 0.15) is 13.0 Å². The molecule has 3 heteroatoms. The molecule has 0 amide bonds. The Kier molecular flexibility index (Phi) is 6.06. The monoisotopic (exact) mass is 244 g/mol. The zero-order chi connectivity index (χ0) is 8.81. The number of aryl methyl sites for hydroxylation is 1. The van der Waals surface area contributed by atoms with E-state index in [1.807, 2.05) is 19.1 Å². The quantitative estimate of drug-likeness (QED) is 0.692. The minimum absolute atomic E-state index is 0. The van der Waals surface area contributed by atoms with Gasteiger partial charge in [0.1, 0.15) is 6.26 Å². The van der Waals surface area contributed by atoms with E-state index in [0.29, 0.717) is 0 Å². The van der Waals surface area contributed by atoms with Crippen molar-refractivity contribution in [3.05, 3.63) is 47.2 Å². The fourth-order valence-electron chi connectivity index (χ4n) is 0.580. The first kappa shape index (κ1) is 12.0. The molecule has 0 aromatic carbocycles. The van der Waals surface area contributed by atoms with Crippen LogP contribution < -0.4 is 0 Å². The minimum Gasteiger partial charge on any atom is -0.472 e. The molecule has 13 heavy (non-hydrogen) atoms. The summed E-state index contributed by atoms with van der Waals surface area (Å²) < 4.78 is 10.4. The molecule has 0 bridgehead atoms. The van der Waals surface area contributed by atoms with Crippen molar-refractivity contribution >= 4 is 15.9 Å². The van der Waals surface area contributed by atoms with Crippen molar-refractivity contribution in [2.24, 2.45) is 0 Å². The summed E-state index contributed by atoms with van der Waals surface area (Å²) in [4.78, 5) is 0. The largest absolute Gasteiger partial charge is 0.472 e. The zero-order valence-corrected chi connectivity index (χ0v) is 8.24. The summed E-state index contributed by atoms with van der Waals surface area (Å²) in [5.41, 5.74) is 1.18. The first-order chi connectivity index (χ1) is 5.79. The third-order valence-corrected chi connectivity index (χ3v) is 1.60. The van der Waals surface area contributed by atoms with Crippen LogP contribution >= 0.6 is 15.9 Å². The third kappa shape index (κ3) is 5.31. The van der Waals surface area contributed by atoms with Gasteiger partial charge in [0.25, 0.3) is 0 Å². The summed E-state index contributed by atoms with van der Waals surface area (Å²) in [5, 5.41) is 0. The fraction of sp³-hybridized carbons (Fsp3) is 0.200. The average Bonchev–Trinajstić information content (AvgIpc) is 2.63. The molecule has 0 fully saturated rings. The number of hydrogen-bond acceptors (Lipinski definition) is 2. The van der Waals surface area contributed by atoms with Crippen LogP contribution in [0.15, 0.2) is 50.5 Å². The van der Waals surface area contributed by atoms with Gasteiger partial charge >= 0.3 is 0 Å². The lowest BCUT2D eigenvalue weighted by Crippen LogP contribution is -1.48. The van der Waals surface area contributed by atoms with Gasteiger partial charge in [0.15, 0.2) is 0 Å². The van der Waals surface area contributed by atoms with E-state index < -0.39 is 0 Å². The Morgan fingerprint density at radius 3 is 1.85 bits per heavy atom. The van der Waals surface area contributed by atoms with Crippen molar-refractivity contribution in [1.29, 1.82) is 0 Å². The van der Waals surface area contributed by atoms with Crippen molar-refractivity contribution in [1.82, 2.24) is 0 Å². The Labute approximate surface area is 86.7 Å². The zero-order valence-electron chi connectivity index (χ0n) is 6.66. The van der Waals surface area contributed by atoms with Crippen molar-refractivity contribution < 1.29 is 8.83 Å². The van der Waals surface area contributed by atoms with Gasteiger partial charge in [-0.25, -0.2) is 0 Å². The summed E-state index contributed by atoms with van der Waals surface area (Å²) >= 11 is 3.19. The highest BCUT2D eigenvalue weighted by atomic mass is 79.9. The Bertz CT molecular complexity index is 252. The lowest BCUT2D eigenvalue weighted by atomic mass is 10.4. The second-order valence-electron chi connectivity index (χ2n) is 2.24. The summed E-state index contributed by atoms with van der Waals surface area (Å²) in [5.74, 6) is 0. The van der Waals surface area contributed by atoms with E-state index in [0.717, 1.165) is 4.47 Å². The van der Waals surface area contributed by atoms with Gasteiger partial charge in [-0.15, -0.1) is 0 Å². The summed E-state index contributed by atoms with van der Waals surface area (Å²) in [7, 11) is 0. The van der Waals surface area contributed by atoms with Gasteiger partial charge in [0, 0.05) is 0 Å². The molecule has 0 N–H and O–H groups in total. The van der Waals surface area contributed by atoms with Gasteiger partial charge in [0.05, 0.1) is 23.3 Å². The third-order valence-electron chi connectivity index (χ3n) is 1.15. The lowest BCUT2D eigenvalue weighted by molar-refractivity contribution is 0.565. The summed E-state index contributed by atoms with van der Waals surface area (Å²) in [6.07, 6.45) is 6.61. The maximum Gasteiger partial charge on any atom is 0.104 e. The maximum absolute atomic E-state index is 4.71. The highest BCUT2D eigenvalue weighted by Gasteiger charge is 1.78. The molecule has 2 aromatic rings. The molecule has 0 aliphatic heterocycles. The molecule has 2 aromatic heterocycles. The second kappa shape index (κ2) is 6.54. The van der Waals surface area contributed by atoms with E-state index in [1.165, 1.54) is 5.56 Å². The van der Waals surface area contributed by atoms with E-state index >= 15 is 0 Å². The van der Waals surface area contributed by atoms with Crippen LogP contribution in [0.4, 0.5) is 0 Å². The van der Waals surface area contributed by atoms with Crippen LogP contribution in [0.3, 0.4) is 0 Å². The second-order valence-corrected chi connectivity index (χ2v) is 3.16. The molecule has 72 valence electrons. The average molecular weight is 245 g/mol. The minimum atomic E-state index is 0. The van der Waals surface area contributed by atoms with Crippen LogP contribution in [-0.4, -0.2) is 0 Å². The van der Waals surface area contributed by atoms with Crippen molar-refractivity contribution in [3.63, 3.8) is 0 Å². The molecule has 2 nitrogen and oxygen atoms in total. The SMILES string of the molecule is Brc1ccoc1.C.Cc1ccoc1. The Balaban J connectivity index is 0.000000206. The Morgan fingerprint density at radius 2 is 1.69 bits per heavy atom. The van der Waals surface area contributed by atoms with Crippen molar-refractivity contribution in [3.8, 4) is 0 Å². The molecule has 0 aliphatic carbocycles. The Hall–Kier alpha value is -0.960. The molecule has 0 spiro atoms. The highest BCUT2D eigenvalue weighted by Crippen LogP contribution is 2.06. The molecular formula is C10H13BrO2. The molecule has 0 aliphatic rings. The normalized spacial score (nSPS) is 8.15. The van der Waals surface area contributed by atoms with Gasteiger partial charge in [-0.1, -0.05) is 7.43 Å². The topological polar surface area (TPSA) is 26.3 Å². The molecule has 0 saturated carbocycles. The van der Waals surface area contributed by atoms with E-state index in [-0.39, 0.29) is 7.43 Å². The van der Waals surface area contributed by atoms with E-state index in [9.17, 15) is 0 Å². The highest BCUT2D eigenvalue weighted by molar-refractivity contribution is 9.10. The number of furan rings is 2. The smallest absolute Gasteiger partial charge is 0.104 e.